The lowest BCUT2D eigenvalue weighted by Gasteiger charge is -2.21. The second kappa shape index (κ2) is 9.43. The number of halogens is 1. The molecule has 0 fully saturated rings. The van der Waals surface area contributed by atoms with Crippen LogP contribution >= 0.6 is 0 Å². The number of rotatable bonds is 8. The SMILES string of the molecule is CCN(Cc1cccc(F)c1)C(=O)COC(=O)c1cccc(S(=O)(=O)NC)c1. The maximum Gasteiger partial charge on any atom is 0.338 e. The Kier molecular flexibility index (Phi) is 7.24. The van der Waals surface area contributed by atoms with Crippen molar-refractivity contribution in [3.8, 4) is 0 Å². The van der Waals surface area contributed by atoms with E-state index in [4.69, 9.17) is 4.74 Å². The van der Waals surface area contributed by atoms with Crippen molar-refractivity contribution in [1.82, 2.24) is 9.62 Å². The number of carbonyl (C=O) groups excluding carboxylic acids is 2. The number of hydrogen-bond donors (Lipinski definition) is 1. The summed E-state index contributed by atoms with van der Waals surface area (Å²) in [6, 6.07) is 11.2. The Bertz CT molecular complexity index is 962. The van der Waals surface area contributed by atoms with Gasteiger partial charge < -0.3 is 9.64 Å². The van der Waals surface area contributed by atoms with Crippen LogP contribution in [0.15, 0.2) is 53.4 Å². The predicted octanol–water partition coefficient (Wildman–Crippen LogP) is 1.94. The Labute approximate surface area is 163 Å². The second-order valence-electron chi connectivity index (χ2n) is 5.85. The van der Waals surface area contributed by atoms with Gasteiger partial charge in [0.15, 0.2) is 6.61 Å². The van der Waals surface area contributed by atoms with E-state index in [1.807, 2.05) is 0 Å². The highest BCUT2D eigenvalue weighted by Gasteiger charge is 2.18. The van der Waals surface area contributed by atoms with Crippen molar-refractivity contribution in [1.29, 1.82) is 0 Å². The van der Waals surface area contributed by atoms with Crippen molar-refractivity contribution in [2.75, 3.05) is 20.2 Å². The van der Waals surface area contributed by atoms with Crippen LogP contribution in [0.1, 0.15) is 22.8 Å². The number of likely N-dealkylation sites (N-methyl/N-ethyl adjacent to an activating group) is 1. The third-order valence-corrected chi connectivity index (χ3v) is 5.38. The van der Waals surface area contributed by atoms with Crippen LogP contribution < -0.4 is 4.72 Å². The fraction of sp³-hybridized carbons (Fsp3) is 0.263. The van der Waals surface area contributed by atoms with Crippen molar-refractivity contribution in [2.45, 2.75) is 18.4 Å². The summed E-state index contributed by atoms with van der Waals surface area (Å²) in [4.78, 5) is 25.8. The second-order valence-corrected chi connectivity index (χ2v) is 7.74. The van der Waals surface area contributed by atoms with Gasteiger partial charge in [-0.15, -0.1) is 0 Å². The highest BCUT2D eigenvalue weighted by atomic mass is 32.2. The van der Waals surface area contributed by atoms with E-state index in [-0.39, 0.29) is 17.0 Å². The molecule has 2 aromatic carbocycles. The summed E-state index contributed by atoms with van der Waals surface area (Å²) in [5, 5.41) is 0. The van der Waals surface area contributed by atoms with Gasteiger partial charge in [-0.3, -0.25) is 4.79 Å². The zero-order valence-electron chi connectivity index (χ0n) is 15.5. The minimum absolute atomic E-state index is 0.0114. The van der Waals surface area contributed by atoms with E-state index in [9.17, 15) is 22.4 Å². The first-order valence-corrected chi connectivity index (χ1v) is 9.98. The zero-order valence-corrected chi connectivity index (χ0v) is 16.3. The van der Waals surface area contributed by atoms with Crippen molar-refractivity contribution in [3.05, 3.63) is 65.5 Å². The largest absolute Gasteiger partial charge is 0.452 e. The van der Waals surface area contributed by atoms with Crippen LogP contribution in [0.4, 0.5) is 4.39 Å². The Hall–Kier alpha value is -2.78. The number of amides is 1. The third-order valence-electron chi connectivity index (χ3n) is 3.97. The monoisotopic (exact) mass is 408 g/mol. The normalized spacial score (nSPS) is 11.1. The van der Waals surface area contributed by atoms with Crippen molar-refractivity contribution >= 4 is 21.9 Å². The topological polar surface area (TPSA) is 92.8 Å². The summed E-state index contributed by atoms with van der Waals surface area (Å²) in [6.07, 6.45) is 0. The number of sulfonamides is 1. The average molecular weight is 408 g/mol. The molecule has 0 saturated carbocycles. The molecule has 1 amide bonds. The lowest BCUT2D eigenvalue weighted by molar-refractivity contribution is -0.134. The van der Waals surface area contributed by atoms with Crippen molar-refractivity contribution < 1.29 is 27.1 Å². The number of esters is 1. The van der Waals surface area contributed by atoms with Gasteiger partial charge in [-0.25, -0.2) is 22.3 Å². The Morgan fingerprint density at radius 3 is 2.50 bits per heavy atom. The molecule has 2 aromatic rings. The van der Waals surface area contributed by atoms with Gasteiger partial charge in [-0.2, -0.15) is 0 Å². The molecule has 0 atom stereocenters. The maximum absolute atomic E-state index is 13.3. The van der Waals surface area contributed by atoms with E-state index in [1.54, 1.807) is 19.1 Å². The number of nitrogens with one attached hydrogen (secondary N) is 1. The van der Waals surface area contributed by atoms with Crippen LogP contribution in [0.5, 0.6) is 0 Å². The zero-order chi connectivity index (χ0) is 20.7. The third kappa shape index (κ3) is 5.61. The Morgan fingerprint density at radius 2 is 1.86 bits per heavy atom. The number of ether oxygens (including phenoxy) is 1. The molecule has 28 heavy (non-hydrogen) atoms. The van der Waals surface area contributed by atoms with Gasteiger partial charge >= 0.3 is 5.97 Å². The van der Waals surface area contributed by atoms with Crippen LogP contribution in [0.3, 0.4) is 0 Å². The summed E-state index contributed by atoms with van der Waals surface area (Å²) < 4.78 is 44.1. The van der Waals surface area contributed by atoms with Gasteiger partial charge in [-0.05, 0) is 49.9 Å². The standard InChI is InChI=1S/C19H21FN2O5S/c1-3-22(12-14-6-4-8-16(20)10-14)18(23)13-27-19(24)15-7-5-9-17(11-15)28(25,26)21-2/h4-11,21H,3,12-13H2,1-2H3. The van der Waals surface area contributed by atoms with Crippen LogP contribution in [-0.4, -0.2) is 45.4 Å². The molecule has 1 N–H and O–H groups in total. The van der Waals surface area contributed by atoms with Crippen molar-refractivity contribution in [3.63, 3.8) is 0 Å². The van der Waals surface area contributed by atoms with E-state index in [2.05, 4.69) is 4.72 Å². The first-order valence-electron chi connectivity index (χ1n) is 8.49. The van der Waals surface area contributed by atoms with Crippen LogP contribution in [-0.2, 0) is 26.1 Å². The first-order chi connectivity index (χ1) is 13.3. The molecule has 0 aliphatic carbocycles. The minimum atomic E-state index is -3.70. The summed E-state index contributed by atoms with van der Waals surface area (Å²) in [6.45, 7) is 1.78. The molecule has 2 rings (SSSR count). The van der Waals surface area contributed by atoms with Crippen LogP contribution in [0, 0.1) is 5.82 Å². The average Bonchev–Trinajstić information content (AvgIpc) is 2.70. The number of nitrogens with zero attached hydrogens (tertiary/aromatic N) is 1. The summed E-state index contributed by atoms with van der Waals surface area (Å²) in [5.41, 5.74) is 0.629. The molecule has 0 spiro atoms. The predicted molar refractivity (Wildman–Crippen MR) is 100 cm³/mol. The van der Waals surface area contributed by atoms with Gasteiger partial charge in [0.2, 0.25) is 10.0 Å². The molecule has 7 nitrogen and oxygen atoms in total. The highest BCUT2D eigenvalue weighted by molar-refractivity contribution is 7.89. The van der Waals surface area contributed by atoms with Gasteiger partial charge in [-0.1, -0.05) is 18.2 Å². The molecule has 0 aliphatic heterocycles. The fourth-order valence-electron chi connectivity index (χ4n) is 2.44. The van der Waals surface area contributed by atoms with Gasteiger partial charge in [0.25, 0.3) is 5.91 Å². The molecule has 0 radical (unpaired) electrons. The van der Waals surface area contributed by atoms with Crippen LogP contribution in [0.25, 0.3) is 0 Å². The van der Waals surface area contributed by atoms with Gasteiger partial charge in [0, 0.05) is 13.1 Å². The van der Waals surface area contributed by atoms with E-state index >= 15 is 0 Å². The molecule has 0 bridgehead atoms. The molecule has 0 saturated heterocycles. The fourth-order valence-corrected chi connectivity index (χ4v) is 3.22. The number of hydrogen-bond acceptors (Lipinski definition) is 5. The van der Waals surface area contributed by atoms with Gasteiger partial charge in [0.1, 0.15) is 5.82 Å². The molecule has 0 aliphatic rings. The smallest absolute Gasteiger partial charge is 0.338 e. The van der Waals surface area contributed by atoms with E-state index in [0.717, 1.165) is 0 Å². The summed E-state index contributed by atoms with van der Waals surface area (Å²) >= 11 is 0. The number of benzene rings is 2. The maximum atomic E-state index is 13.3. The van der Waals surface area contributed by atoms with E-state index < -0.39 is 34.3 Å². The first kappa shape index (κ1) is 21.5. The minimum Gasteiger partial charge on any atom is -0.452 e. The molecule has 150 valence electrons. The number of carbonyl (C=O) groups is 2. The quantitative estimate of drug-likeness (QED) is 0.674. The summed E-state index contributed by atoms with van der Waals surface area (Å²) in [7, 11) is -2.44. The van der Waals surface area contributed by atoms with E-state index in [0.29, 0.717) is 12.1 Å². The molecule has 0 unspecified atom stereocenters. The summed E-state index contributed by atoms with van der Waals surface area (Å²) in [5.74, 6) is -1.66. The Morgan fingerprint density at radius 1 is 1.14 bits per heavy atom. The lowest BCUT2D eigenvalue weighted by Crippen LogP contribution is -2.34. The lowest BCUT2D eigenvalue weighted by atomic mass is 10.2. The molecule has 0 aromatic heterocycles. The Balaban J connectivity index is 2.01. The highest BCUT2D eigenvalue weighted by Crippen LogP contribution is 2.13. The molecule has 0 heterocycles. The molecular weight excluding hydrogens is 387 g/mol. The molecule has 9 heteroatoms. The van der Waals surface area contributed by atoms with Gasteiger partial charge in [0.05, 0.1) is 10.5 Å². The molecular formula is C19H21FN2O5S. The van der Waals surface area contributed by atoms with Crippen LogP contribution in [0.2, 0.25) is 0 Å². The van der Waals surface area contributed by atoms with E-state index in [1.165, 1.54) is 48.3 Å². The van der Waals surface area contributed by atoms with Crippen molar-refractivity contribution in [2.24, 2.45) is 0 Å².